The van der Waals surface area contributed by atoms with Gasteiger partial charge in [-0.2, -0.15) is 0 Å². The highest BCUT2D eigenvalue weighted by molar-refractivity contribution is 5.92. The Morgan fingerprint density at radius 3 is 2.49 bits per heavy atom. The van der Waals surface area contributed by atoms with Crippen LogP contribution in [0.15, 0.2) is 60.4 Å². The number of aliphatic hydroxyl groups excluding tert-OH is 1. The van der Waals surface area contributed by atoms with Gasteiger partial charge in [0.2, 0.25) is 6.29 Å². The Hall–Kier alpha value is -3.96. The van der Waals surface area contributed by atoms with Gasteiger partial charge in [-0.25, -0.2) is 4.79 Å². The Balaban J connectivity index is 1.61. The second kappa shape index (κ2) is 14.0. The van der Waals surface area contributed by atoms with Gasteiger partial charge in [0.15, 0.2) is 5.76 Å². The number of methoxy groups -OCH3 is 1. The van der Waals surface area contributed by atoms with Crippen molar-refractivity contribution >= 4 is 23.3 Å². The smallest absolute Gasteiger partial charge is 0.337 e. The van der Waals surface area contributed by atoms with E-state index < -0.39 is 23.1 Å². The van der Waals surface area contributed by atoms with Gasteiger partial charge in [-0.15, -0.1) is 0 Å². The van der Waals surface area contributed by atoms with Crippen LogP contribution in [0.4, 0.5) is 11.4 Å². The van der Waals surface area contributed by atoms with E-state index in [1.165, 1.54) is 19.2 Å². The average Bonchev–Trinajstić information content (AvgIpc) is 2.93. The van der Waals surface area contributed by atoms with Crippen molar-refractivity contribution in [3.05, 3.63) is 81.6 Å². The fraction of sp³-hybridized carbons (Fsp3) is 0.385. The first-order chi connectivity index (χ1) is 17.9. The number of esters is 1. The first kappa shape index (κ1) is 27.6. The molecule has 0 radical (unpaired) electrons. The number of hydrogen-bond donors (Lipinski definition) is 3. The molecular weight excluding hydrogens is 482 g/mol. The molecule has 1 amide bonds. The number of nitrogens with one attached hydrogen (secondary N) is 2. The molecule has 1 heterocycles. The number of nitro benzene ring substituents is 1. The largest absolute Gasteiger partial charge is 0.465 e. The normalized spacial score (nSPS) is 16.8. The van der Waals surface area contributed by atoms with Crippen molar-refractivity contribution in [1.29, 1.82) is 0 Å². The molecule has 3 rings (SSSR count). The molecule has 0 fully saturated rings. The monoisotopic (exact) mass is 513 g/mol. The van der Waals surface area contributed by atoms with Gasteiger partial charge in [0.25, 0.3) is 11.6 Å². The molecule has 0 saturated heterocycles. The van der Waals surface area contributed by atoms with E-state index in [4.69, 9.17) is 19.3 Å². The molecule has 0 bridgehead atoms. The number of hydrogen-bond acceptors (Lipinski definition) is 9. The van der Waals surface area contributed by atoms with Crippen LogP contribution in [0.3, 0.4) is 0 Å². The van der Waals surface area contributed by atoms with Crippen molar-refractivity contribution in [1.82, 2.24) is 5.32 Å². The van der Waals surface area contributed by atoms with Crippen LogP contribution in [-0.2, 0) is 19.0 Å². The van der Waals surface area contributed by atoms with E-state index in [0.29, 0.717) is 43.7 Å². The maximum Gasteiger partial charge on any atom is 0.337 e. The number of rotatable bonds is 13. The predicted octanol–water partition coefficient (Wildman–Crippen LogP) is 3.11. The zero-order chi connectivity index (χ0) is 26.6. The molecule has 0 aliphatic carbocycles. The summed E-state index contributed by atoms with van der Waals surface area (Å²) in [6, 6.07) is 13.0. The van der Waals surface area contributed by atoms with Crippen molar-refractivity contribution in [2.24, 2.45) is 0 Å². The summed E-state index contributed by atoms with van der Waals surface area (Å²) >= 11 is 0. The lowest BCUT2D eigenvalue weighted by Crippen LogP contribution is -2.35. The van der Waals surface area contributed by atoms with Gasteiger partial charge >= 0.3 is 5.97 Å². The molecule has 0 saturated carbocycles. The Morgan fingerprint density at radius 1 is 1.11 bits per heavy atom. The molecule has 37 heavy (non-hydrogen) atoms. The molecule has 1 aliphatic rings. The number of allylic oxidation sites excluding steroid dienone is 1. The van der Waals surface area contributed by atoms with Crippen LogP contribution in [0.25, 0.3) is 0 Å². The molecule has 0 unspecified atom stereocenters. The molecule has 2 aromatic carbocycles. The summed E-state index contributed by atoms with van der Waals surface area (Å²) in [4.78, 5) is 34.9. The third-order valence-corrected chi connectivity index (χ3v) is 5.72. The topological polar surface area (TPSA) is 149 Å². The van der Waals surface area contributed by atoms with Crippen molar-refractivity contribution in [3.63, 3.8) is 0 Å². The number of carbonyl (C=O) groups excluding carboxylic acids is 2. The summed E-state index contributed by atoms with van der Waals surface area (Å²) in [6.45, 7) is 1.15. The minimum absolute atomic E-state index is 0.00265. The average molecular weight is 514 g/mol. The number of non-ortho nitro benzene ring substituents is 1. The quantitative estimate of drug-likeness (QED) is 0.159. The van der Waals surface area contributed by atoms with Crippen LogP contribution in [0.1, 0.15) is 41.1 Å². The van der Waals surface area contributed by atoms with Gasteiger partial charge in [0, 0.05) is 49.9 Å². The highest BCUT2D eigenvalue weighted by atomic mass is 16.7. The number of amides is 1. The molecular formula is C26H31N3O8. The lowest BCUT2D eigenvalue weighted by molar-refractivity contribution is -0.384. The second-order valence-electron chi connectivity index (χ2n) is 8.32. The number of ether oxygens (including phenoxy) is 3. The minimum atomic E-state index is -0.645. The zero-order valence-corrected chi connectivity index (χ0v) is 20.6. The van der Waals surface area contributed by atoms with E-state index in [1.807, 2.05) is 12.1 Å². The summed E-state index contributed by atoms with van der Waals surface area (Å²) < 4.78 is 16.4. The summed E-state index contributed by atoms with van der Waals surface area (Å²) in [7, 11) is 1.32. The van der Waals surface area contributed by atoms with E-state index in [-0.39, 0.29) is 30.5 Å². The Kier molecular flexibility index (Phi) is 10.4. The molecule has 3 N–H and O–H groups in total. The van der Waals surface area contributed by atoms with E-state index >= 15 is 0 Å². The maximum atomic E-state index is 12.9. The fourth-order valence-electron chi connectivity index (χ4n) is 3.73. The number of benzene rings is 2. The lowest BCUT2D eigenvalue weighted by atomic mass is 9.92. The lowest BCUT2D eigenvalue weighted by Gasteiger charge is -2.29. The van der Waals surface area contributed by atoms with Crippen molar-refractivity contribution in [2.75, 3.05) is 38.7 Å². The molecule has 1 aliphatic heterocycles. The van der Waals surface area contributed by atoms with Crippen LogP contribution in [0.2, 0.25) is 0 Å². The number of aliphatic hydroxyl groups is 1. The molecule has 2 atom stereocenters. The molecule has 11 heteroatoms. The fourth-order valence-corrected chi connectivity index (χ4v) is 3.73. The minimum Gasteiger partial charge on any atom is -0.465 e. The SMILES string of the molecule is COC(=O)c1ccc([C@@H]2C=C(C(=O)NCCNc3ccc([N+](=O)[O-])cc3)O[C@H](OCCCCO)C2)cc1. The molecule has 2 aromatic rings. The summed E-state index contributed by atoms with van der Waals surface area (Å²) in [5.41, 5.74) is 2.02. The first-order valence-corrected chi connectivity index (χ1v) is 12.0. The number of carbonyl (C=O) groups is 2. The van der Waals surface area contributed by atoms with Gasteiger partial charge in [-0.05, 0) is 48.7 Å². The molecule has 0 spiro atoms. The summed E-state index contributed by atoms with van der Waals surface area (Å²) in [5.74, 6) is -0.870. The number of anilines is 1. The molecule has 0 aromatic heterocycles. The Labute approximate surface area is 214 Å². The van der Waals surface area contributed by atoms with Crippen molar-refractivity contribution < 1.29 is 33.8 Å². The summed E-state index contributed by atoms with van der Waals surface area (Å²) in [6.07, 6.45) is 2.84. The highest BCUT2D eigenvalue weighted by Gasteiger charge is 2.28. The van der Waals surface area contributed by atoms with E-state index in [2.05, 4.69) is 10.6 Å². The van der Waals surface area contributed by atoms with Crippen molar-refractivity contribution in [3.8, 4) is 0 Å². The third-order valence-electron chi connectivity index (χ3n) is 5.72. The van der Waals surface area contributed by atoms with Gasteiger partial charge in [-0.1, -0.05) is 12.1 Å². The van der Waals surface area contributed by atoms with Gasteiger partial charge < -0.3 is 30.0 Å². The van der Waals surface area contributed by atoms with Crippen LogP contribution >= 0.6 is 0 Å². The van der Waals surface area contributed by atoms with E-state index in [1.54, 1.807) is 30.3 Å². The van der Waals surface area contributed by atoms with Gasteiger partial charge in [0.1, 0.15) is 0 Å². The van der Waals surface area contributed by atoms with Crippen LogP contribution in [0, 0.1) is 10.1 Å². The molecule has 198 valence electrons. The molecule has 11 nitrogen and oxygen atoms in total. The second-order valence-corrected chi connectivity index (χ2v) is 8.32. The third kappa shape index (κ3) is 8.29. The van der Waals surface area contributed by atoms with Crippen LogP contribution in [-0.4, -0.2) is 61.6 Å². The van der Waals surface area contributed by atoms with Crippen molar-refractivity contribution in [2.45, 2.75) is 31.5 Å². The number of nitrogens with zero attached hydrogens (tertiary/aromatic N) is 1. The Morgan fingerprint density at radius 2 is 1.84 bits per heavy atom. The standard InChI is InChI=1S/C26H31N3O8/c1-35-26(32)19-6-4-18(5-7-19)20-16-23(37-24(17-20)36-15-3-2-14-30)25(31)28-13-12-27-21-8-10-22(11-9-21)29(33)34/h4-11,16,20,24,27,30H,2-3,12-15,17H2,1H3,(H,28,31)/t20-,24+/m1/s1. The van der Waals surface area contributed by atoms with Crippen LogP contribution in [0.5, 0.6) is 0 Å². The van der Waals surface area contributed by atoms with E-state index in [0.717, 1.165) is 5.56 Å². The summed E-state index contributed by atoms with van der Waals surface area (Å²) in [5, 5.41) is 25.6. The number of unbranched alkanes of at least 4 members (excludes halogenated alkanes) is 1. The Bertz CT molecular complexity index is 1090. The zero-order valence-electron chi connectivity index (χ0n) is 20.6. The van der Waals surface area contributed by atoms with Gasteiger partial charge in [-0.3, -0.25) is 14.9 Å². The van der Waals surface area contributed by atoms with Crippen LogP contribution < -0.4 is 10.6 Å². The number of nitro groups is 1. The highest BCUT2D eigenvalue weighted by Crippen LogP contribution is 2.32. The first-order valence-electron chi connectivity index (χ1n) is 12.0. The maximum absolute atomic E-state index is 12.9. The predicted molar refractivity (Wildman–Crippen MR) is 135 cm³/mol. The van der Waals surface area contributed by atoms with E-state index in [9.17, 15) is 19.7 Å². The van der Waals surface area contributed by atoms with Gasteiger partial charge in [0.05, 0.1) is 24.2 Å².